The monoisotopic (exact) mass is 228 g/mol. The van der Waals surface area contributed by atoms with E-state index in [2.05, 4.69) is 22.4 Å². The second kappa shape index (κ2) is 4.43. The van der Waals surface area contributed by atoms with E-state index in [-0.39, 0.29) is 12.6 Å². The van der Waals surface area contributed by atoms with Gasteiger partial charge in [-0.15, -0.1) is 0 Å². The molecule has 0 amide bonds. The summed E-state index contributed by atoms with van der Waals surface area (Å²) >= 11 is 0. The van der Waals surface area contributed by atoms with Crippen molar-refractivity contribution in [2.75, 3.05) is 6.61 Å². The standard InChI is InChI=1S/C14H16N2O/c17-9-14(16-12-4-5-12)11-3-6-13-10(8-11)2-1-7-15-13/h1-3,6-8,12,14,16-17H,4-5,9H2. The molecule has 1 aliphatic rings. The number of fused-ring (bicyclic) bond motifs is 1. The Kier molecular flexibility index (Phi) is 2.79. The lowest BCUT2D eigenvalue weighted by Gasteiger charge is -2.16. The smallest absolute Gasteiger partial charge is 0.0702 e. The van der Waals surface area contributed by atoms with Gasteiger partial charge in [0.1, 0.15) is 0 Å². The van der Waals surface area contributed by atoms with E-state index in [4.69, 9.17) is 0 Å². The zero-order valence-corrected chi connectivity index (χ0v) is 9.63. The maximum atomic E-state index is 9.45. The van der Waals surface area contributed by atoms with Crippen molar-refractivity contribution in [2.24, 2.45) is 0 Å². The van der Waals surface area contributed by atoms with Gasteiger partial charge in [0.05, 0.1) is 18.2 Å². The van der Waals surface area contributed by atoms with Crippen molar-refractivity contribution < 1.29 is 5.11 Å². The first-order chi connectivity index (χ1) is 8.36. The summed E-state index contributed by atoms with van der Waals surface area (Å²) in [5, 5.41) is 14.0. The molecule has 1 aromatic carbocycles. The minimum atomic E-state index is 0.0482. The van der Waals surface area contributed by atoms with Crippen LogP contribution in [0.2, 0.25) is 0 Å². The van der Waals surface area contributed by atoms with Gasteiger partial charge in [-0.1, -0.05) is 12.1 Å². The molecule has 0 spiro atoms. The zero-order valence-electron chi connectivity index (χ0n) is 9.63. The van der Waals surface area contributed by atoms with Crippen molar-refractivity contribution in [3.8, 4) is 0 Å². The molecule has 88 valence electrons. The van der Waals surface area contributed by atoms with Gasteiger partial charge in [-0.05, 0) is 36.6 Å². The maximum Gasteiger partial charge on any atom is 0.0702 e. The summed E-state index contributed by atoms with van der Waals surface area (Å²) in [6.45, 7) is 0.141. The molecular weight excluding hydrogens is 212 g/mol. The van der Waals surface area contributed by atoms with E-state index in [1.165, 1.54) is 12.8 Å². The highest BCUT2D eigenvalue weighted by Crippen LogP contribution is 2.25. The lowest BCUT2D eigenvalue weighted by Crippen LogP contribution is -2.26. The third kappa shape index (κ3) is 2.30. The first kappa shape index (κ1) is 10.7. The quantitative estimate of drug-likeness (QED) is 0.841. The number of hydrogen-bond acceptors (Lipinski definition) is 3. The fourth-order valence-corrected chi connectivity index (χ4v) is 2.10. The number of hydrogen-bond donors (Lipinski definition) is 2. The number of pyridine rings is 1. The van der Waals surface area contributed by atoms with Crippen LogP contribution in [0.3, 0.4) is 0 Å². The summed E-state index contributed by atoms with van der Waals surface area (Å²) in [6.07, 6.45) is 4.26. The van der Waals surface area contributed by atoms with Crippen molar-refractivity contribution in [2.45, 2.75) is 24.9 Å². The van der Waals surface area contributed by atoms with Crippen molar-refractivity contribution in [1.82, 2.24) is 10.3 Å². The molecule has 3 nitrogen and oxygen atoms in total. The van der Waals surface area contributed by atoms with E-state index in [1.54, 1.807) is 6.20 Å². The molecule has 1 heterocycles. The highest BCUT2D eigenvalue weighted by atomic mass is 16.3. The summed E-state index contributed by atoms with van der Waals surface area (Å²) in [5.74, 6) is 0. The predicted octanol–water partition coefficient (Wildman–Crippen LogP) is 2.02. The molecule has 17 heavy (non-hydrogen) atoms. The highest BCUT2D eigenvalue weighted by Gasteiger charge is 2.24. The molecule has 1 fully saturated rings. The third-order valence-electron chi connectivity index (χ3n) is 3.23. The highest BCUT2D eigenvalue weighted by molar-refractivity contribution is 5.79. The van der Waals surface area contributed by atoms with Crippen LogP contribution in [0.15, 0.2) is 36.5 Å². The van der Waals surface area contributed by atoms with E-state index < -0.39 is 0 Å². The minimum Gasteiger partial charge on any atom is -0.394 e. The van der Waals surface area contributed by atoms with Crippen molar-refractivity contribution in [3.05, 3.63) is 42.1 Å². The number of nitrogens with zero attached hydrogens (tertiary/aromatic N) is 1. The fraction of sp³-hybridized carbons (Fsp3) is 0.357. The summed E-state index contributed by atoms with van der Waals surface area (Å²) < 4.78 is 0. The molecule has 2 aromatic rings. The van der Waals surface area contributed by atoms with E-state index in [1.807, 2.05) is 18.2 Å². The first-order valence-corrected chi connectivity index (χ1v) is 6.08. The van der Waals surface area contributed by atoms with Crippen molar-refractivity contribution in [3.63, 3.8) is 0 Å². The number of benzene rings is 1. The molecule has 3 rings (SSSR count). The largest absolute Gasteiger partial charge is 0.394 e. The molecule has 0 bridgehead atoms. The summed E-state index contributed by atoms with van der Waals surface area (Å²) in [7, 11) is 0. The van der Waals surface area contributed by atoms with Gasteiger partial charge in [-0.3, -0.25) is 4.98 Å². The number of aromatic nitrogens is 1. The van der Waals surface area contributed by atoms with Gasteiger partial charge in [0.25, 0.3) is 0 Å². The maximum absolute atomic E-state index is 9.45. The van der Waals surface area contributed by atoms with Gasteiger partial charge < -0.3 is 10.4 Å². The van der Waals surface area contributed by atoms with E-state index in [9.17, 15) is 5.11 Å². The number of rotatable bonds is 4. The SMILES string of the molecule is OCC(NC1CC1)c1ccc2ncccc2c1. The Labute approximate surface area is 100 Å². The van der Waals surface area contributed by atoms with E-state index >= 15 is 0 Å². The van der Waals surface area contributed by atoms with Crippen LogP contribution in [0.1, 0.15) is 24.4 Å². The van der Waals surface area contributed by atoms with Crippen LogP contribution in [0.25, 0.3) is 10.9 Å². The summed E-state index contributed by atoms with van der Waals surface area (Å²) in [6, 6.07) is 10.8. The van der Waals surface area contributed by atoms with Gasteiger partial charge >= 0.3 is 0 Å². The van der Waals surface area contributed by atoms with Crippen LogP contribution < -0.4 is 5.32 Å². The molecule has 1 atom stereocenters. The van der Waals surface area contributed by atoms with Gasteiger partial charge in [-0.25, -0.2) is 0 Å². The second-order valence-electron chi connectivity index (χ2n) is 4.63. The molecule has 1 unspecified atom stereocenters. The Morgan fingerprint density at radius 3 is 3.00 bits per heavy atom. The molecule has 0 radical (unpaired) electrons. The molecule has 3 heteroatoms. The van der Waals surface area contributed by atoms with Gasteiger partial charge in [-0.2, -0.15) is 0 Å². The van der Waals surface area contributed by atoms with Crippen LogP contribution in [0, 0.1) is 0 Å². The van der Waals surface area contributed by atoms with Gasteiger partial charge in [0.15, 0.2) is 0 Å². The Morgan fingerprint density at radius 2 is 2.24 bits per heavy atom. The molecule has 0 saturated heterocycles. The van der Waals surface area contributed by atoms with Crippen LogP contribution >= 0.6 is 0 Å². The minimum absolute atomic E-state index is 0.0482. The van der Waals surface area contributed by atoms with Crippen LogP contribution in [0.5, 0.6) is 0 Å². The molecule has 0 aliphatic heterocycles. The van der Waals surface area contributed by atoms with E-state index in [0.29, 0.717) is 6.04 Å². The van der Waals surface area contributed by atoms with Crippen LogP contribution in [0.4, 0.5) is 0 Å². The topological polar surface area (TPSA) is 45.1 Å². The Balaban J connectivity index is 1.92. The van der Waals surface area contributed by atoms with Gasteiger partial charge in [0, 0.05) is 17.6 Å². The first-order valence-electron chi connectivity index (χ1n) is 6.08. The lowest BCUT2D eigenvalue weighted by atomic mass is 10.0. The number of nitrogens with one attached hydrogen (secondary N) is 1. The third-order valence-corrected chi connectivity index (χ3v) is 3.23. The summed E-state index contributed by atoms with van der Waals surface area (Å²) in [5.41, 5.74) is 2.14. The predicted molar refractivity (Wildman–Crippen MR) is 67.7 cm³/mol. The second-order valence-corrected chi connectivity index (χ2v) is 4.63. The summed E-state index contributed by atoms with van der Waals surface area (Å²) in [4.78, 5) is 4.30. The number of aliphatic hydroxyl groups is 1. The van der Waals surface area contributed by atoms with Crippen molar-refractivity contribution in [1.29, 1.82) is 0 Å². The van der Waals surface area contributed by atoms with Crippen LogP contribution in [-0.2, 0) is 0 Å². The normalized spacial score (nSPS) is 17.2. The van der Waals surface area contributed by atoms with Crippen molar-refractivity contribution >= 4 is 10.9 Å². The average Bonchev–Trinajstić information content (AvgIpc) is 3.19. The molecule has 1 aliphatic carbocycles. The Hall–Kier alpha value is -1.45. The fourth-order valence-electron chi connectivity index (χ4n) is 2.10. The van der Waals surface area contributed by atoms with Gasteiger partial charge in [0.2, 0.25) is 0 Å². The molecule has 2 N–H and O–H groups in total. The molecular formula is C14H16N2O. The Morgan fingerprint density at radius 1 is 1.35 bits per heavy atom. The van der Waals surface area contributed by atoms with E-state index in [0.717, 1.165) is 16.5 Å². The molecule has 1 saturated carbocycles. The number of aliphatic hydroxyl groups excluding tert-OH is 1. The molecule has 1 aromatic heterocycles. The zero-order chi connectivity index (χ0) is 11.7. The lowest BCUT2D eigenvalue weighted by molar-refractivity contribution is 0.243. The Bertz CT molecular complexity index is 522. The average molecular weight is 228 g/mol. The van der Waals surface area contributed by atoms with Crippen LogP contribution in [-0.4, -0.2) is 22.7 Å².